The topological polar surface area (TPSA) is 94.6 Å². The van der Waals surface area contributed by atoms with Gasteiger partial charge in [-0.1, -0.05) is 12.1 Å². The lowest BCUT2D eigenvalue weighted by Crippen LogP contribution is -2.15. The zero-order valence-electron chi connectivity index (χ0n) is 16.4. The minimum Gasteiger partial charge on any atom is -0.497 e. The molecule has 0 aliphatic heterocycles. The molecule has 3 rings (SSSR count). The third-order valence-corrected chi connectivity index (χ3v) is 4.13. The molecular weight excluding hydrogens is 372 g/mol. The largest absolute Gasteiger partial charge is 0.497 e. The van der Waals surface area contributed by atoms with Crippen LogP contribution in [0.4, 0.5) is 17.3 Å². The van der Waals surface area contributed by atoms with E-state index in [0.717, 1.165) is 17.0 Å². The van der Waals surface area contributed by atoms with Crippen molar-refractivity contribution >= 4 is 23.2 Å². The summed E-state index contributed by atoms with van der Waals surface area (Å²) in [7, 11) is 4.77. The average Bonchev–Trinajstić information content (AvgIpc) is 2.76. The minimum absolute atomic E-state index is 0.179. The van der Waals surface area contributed by atoms with Gasteiger partial charge in [0.25, 0.3) is 0 Å². The summed E-state index contributed by atoms with van der Waals surface area (Å²) in [5.74, 6) is 2.76. The Morgan fingerprint density at radius 2 is 1.48 bits per heavy atom. The highest BCUT2D eigenvalue weighted by Crippen LogP contribution is 2.30. The highest BCUT2D eigenvalue weighted by atomic mass is 16.5. The van der Waals surface area contributed by atoms with E-state index in [4.69, 9.17) is 14.2 Å². The van der Waals surface area contributed by atoms with Crippen LogP contribution < -0.4 is 24.8 Å². The van der Waals surface area contributed by atoms with Crippen molar-refractivity contribution in [2.75, 3.05) is 32.0 Å². The van der Waals surface area contributed by atoms with Crippen molar-refractivity contribution in [2.45, 2.75) is 6.42 Å². The third-order valence-electron chi connectivity index (χ3n) is 4.13. The smallest absolute Gasteiger partial charge is 0.229 e. The van der Waals surface area contributed by atoms with Crippen LogP contribution in [0.2, 0.25) is 0 Å². The average molecular weight is 394 g/mol. The molecule has 0 fully saturated rings. The van der Waals surface area contributed by atoms with Gasteiger partial charge in [-0.3, -0.25) is 4.79 Å². The lowest BCUT2D eigenvalue weighted by Gasteiger charge is -2.12. The molecule has 0 saturated carbocycles. The monoisotopic (exact) mass is 394 g/mol. The van der Waals surface area contributed by atoms with Crippen molar-refractivity contribution in [3.05, 3.63) is 60.2 Å². The van der Waals surface area contributed by atoms with Crippen molar-refractivity contribution in [1.29, 1.82) is 0 Å². The molecule has 2 N–H and O–H groups in total. The molecule has 0 aliphatic carbocycles. The van der Waals surface area contributed by atoms with Gasteiger partial charge in [0.05, 0.1) is 33.4 Å². The number of hydrogen-bond acceptors (Lipinski definition) is 7. The number of nitrogens with zero attached hydrogens (tertiary/aromatic N) is 2. The van der Waals surface area contributed by atoms with Gasteiger partial charge in [-0.2, -0.15) is 0 Å². The molecule has 0 aliphatic rings. The number of methoxy groups -OCH3 is 3. The van der Waals surface area contributed by atoms with Gasteiger partial charge in [-0.25, -0.2) is 0 Å². The number of aromatic nitrogens is 2. The summed E-state index contributed by atoms with van der Waals surface area (Å²) in [6, 6.07) is 16.1. The van der Waals surface area contributed by atoms with Gasteiger partial charge in [-0.05, 0) is 42.0 Å². The zero-order valence-corrected chi connectivity index (χ0v) is 16.4. The SMILES string of the molecule is COc1ccc(CC(=O)Nc2ccc(Nc3ccc(OC)cc3OC)nn2)cc1. The maximum Gasteiger partial charge on any atom is 0.229 e. The van der Waals surface area contributed by atoms with Gasteiger partial charge in [0, 0.05) is 6.07 Å². The van der Waals surface area contributed by atoms with Gasteiger partial charge in [-0.15, -0.1) is 10.2 Å². The first-order valence-corrected chi connectivity index (χ1v) is 8.87. The van der Waals surface area contributed by atoms with E-state index in [2.05, 4.69) is 20.8 Å². The molecule has 0 radical (unpaired) electrons. The molecule has 0 saturated heterocycles. The van der Waals surface area contributed by atoms with Crippen molar-refractivity contribution in [1.82, 2.24) is 10.2 Å². The molecule has 0 bridgehead atoms. The van der Waals surface area contributed by atoms with Gasteiger partial charge < -0.3 is 24.8 Å². The number of carbonyl (C=O) groups is 1. The Labute approximate surface area is 168 Å². The number of rotatable bonds is 8. The summed E-state index contributed by atoms with van der Waals surface area (Å²) >= 11 is 0. The molecule has 8 nitrogen and oxygen atoms in total. The summed E-state index contributed by atoms with van der Waals surface area (Å²) in [4.78, 5) is 12.2. The Bertz CT molecular complexity index is 959. The van der Waals surface area contributed by atoms with E-state index in [9.17, 15) is 4.79 Å². The zero-order chi connectivity index (χ0) is 20.6. The van der Waals surface area contributed by atoms with Crippen molar-refractivity contribution in [2.24, 2.45) is 0 Å². The lowest BCUT2D eigenvalue weighted by atomic mass is 10.1. The van der Waals surface area contributed by atoms with Gasteiger partial charge >= 0.3 is 0 Å². The molecule has 3 aromatic rings. The van der Waals surface area contributed by atoms with E-state index in [1.165, 1.54) is 0 Å². The van der Waals surface area contributed by atoms with Crippen molar-refractivity contribution in [3.63, 3.8) is 0 Å². The highest BCUT2D eigenvalue weighted by Gasteiger charge is 2.08. The van der Waals surface area contributed by atoms with Crippen LogP contribution in [0.1, 0.15) is 5.56 Å². The van der Waals surface area contributed by atoms with E-state index in [1.807, 2.05) is 36.4 Å². The van der Waals surface area contributed by atoms with Crippen LogP contribution in [0.15, 0.2) is 54.6 Å². The number of anilines is 3. The quantitative estimate of drug-likeness (QED) is 0.604. The van der Waals surface area contributed by atoms with Crippen LogP contribution in [0.5, 0.6) is 17.2 Å². The maximum absolute atomic E-state index is 12.2. The van der Waals surface area contributed by atoms with Crippen LogP contribution in [-0.4, -0.2) is 37.4 Å². The fourth-order valence-corrected chi connectivity index (χ4v) is 2.62. The molecule has 2 aromatic carbocycles. The van der Waals surface area contributed by atoms with E-state index in [1.54, 1.807) is 39.5 Å². The van der Waals surface area contributed by atoms with Crippen molar-refractivity contribution in [3.8, 4) is 17.2 Å². The summed E-state index contributed by atoms with van der Waals surface area (Å²) in [5.41, 5.74) is 1.60. The number of amides is 1. The first kappa shape index (κ1) is 19.9. The van der Waals surface area contributed by atoms with E-state index >= 15 is 0 Å². The lowest BCUT2D eigenvalue weighted by molar-refractivity contribution is -0.115. The van der Waals surface area contributed by atoms with E-state index in [0.29, 0.717) is 23.1 Å². The fraction of sp³-hybridized carbons (Fsp3) is 0.190. The molecule has 29 heavy (non-hydrogen) atoms. The second kappa shape index (κ2) is 9.41. The Morgan fingerprint density at radius 1 is 0.828 bits per heavy atom. The molecule has 1 aromatic heterocycles. The maximum atomic E-state index is 12.2. The highest BCUT2D eigenvalue weighted by molar-refractivity contribution is 5.91. The van der Waals surface area contributed by atoms with Crippen LogP contribution >= 0.6 is 0 Å². The van der Waals surface area contributed by atoms with Gasteiger partial charge in [0.2, 0.25) is 5.91 Å². The minimum atomic E-state index is -0.179. The summed E-state index contributed by atoms with van der Waals surface area (Å²) in [5, 5.41) is 14.0. The third kappa shape index (κ3) is 5.35. The second-order valence-electron chi connectivity index (χ2n) is 6.07. The molecule has 0 unspecified atom stereocenters. The van der Waals surface area contributed by atoms with Crippen molar-refractivity contribution < 1.29 is 19.0 Å². The Balaban J connectivity index is 1.60. The van der Waals surface area contributed by atoms with E-state index < -0.39 is 0 Å². The Hall–Kier alpha value is -3.81. The summed E-state index contributed by atoms with van der Waals surface area (Å²) < 4.78 is 15.6. The number of nitrogens with one attached hydrogen (secondary N) is 2. The van der Waals surface area contributed by atoms with Crippen LogP contribution in [0.25, 0.3) is 0 Å². The number of ether oxygens (including phenoxy) is 3. The molecular formula is C21H22N4O4. The summed E-state index contributed by atoms with van der Waals surface area (Å²) in [6.45, 7) is 0. The predicted molar refractivity (Wildman–Crippen MR) is 110 cm³/mol. The Morgan fingerprint density at radius 3 is 2.10 bits per heavy atom. The molecule has 150 valence electrons. The molecule has 8 heteroatoms. The first-order chi connectivity index (χ1) is 14.1. The molecule has 0 atom stereocenters. The number of hydrogen-bond donors (Lipinski definition) is 2. The Kier molecular flexibility index (Phi) is 6.47. The molecule has 1 heterocycles. The fourth-order valence-electron chi connectivity index (χ4n) is 2.62. The van der Waals surface area contributed by atoms with Crippen LogP contribution in [0.3, 0.4) is 0 Å². The van der Waals surface area contributed by atoms with Gasteiger partial charge in [0.15, 0.2) is 11.6 Å². The molecule has 1 amide bonds. The number of benzene rings is 2. The van der Waals surface area contributed by atoms with Crippen LogP contribution in [0, 0.1) is 0 Å². The predicted octanol–water partition coefficient (Wildman–Crippen LogP) is 3.43. The normalized spacial score (nSPS) is 10.2. The van der Waals surface area contributed by atoms with Gasteiger partial charge in [0.1, 0.15) is 17.2 Å². The number of carbonyl (C=O) groups excluding carboxylic acids is 1. The molecule has 0 spiro atoms. The second-order valence-corrected chi connectivity index (χ2v) is 6.07. The van der Waals surface area contributed by atoms with E-state index in [-0.39, 0.29) is 12.3 Å². The summed E-state index contributed by atoms with van der Waals surface area (Å²) in [6.07, 6.45) is 0.231. The first-order valence-electron chi connectivity index (χ1n) is 8.87. The van der Waals surface area contributed by atoms with Crippen LogP contribution in [-0.2, 0) is 11.2 Å². The standard InChI is InChI=1S/C21H22N4O4/c1-27-15-6-4-14(5-7-15)12-21(26)23-20-11-10-19(24-25-20)22-17-9-8-16(28-2)13-18(17)29-3/h4-11,13H,12H2,1-3H3,(H,22,24)(H,23,25,26).